The molecular formula is C22H26FN3O3. The van der Waals surface area contributed by atoms with Crippen LogP contribution in [0.3, 0.4) is 0 Å². The summed E-state index contributed by atoms with van der Waals surface area (Å²) in [4.78, 5) is 27.8. The summed E-state index contributed by atoms with van der Waals surface area (Å²) in [5.41, 5.74) is 1.89. The maximum atomic E-state index is 13.9. The van der Waals surface area contributed by atoms with E-state index in [1.807, 2.05) is 19.1 Å². The van der Waals surface area contributed by atoms with E-state index in [0.717, 1.165) is 31.9 Å². The van der Waals surface area contributed by atoms with Crippen LogP contribution in [-0.4, -0.2) is 48.1 Å². The predicted octanol–water partition coefficient (Wildman–Crippen LogP) is 3.58. The van der Waals surface area contributed by atoms with Gasteiger partial charge < -0.3 is 15.3 Å². The van der Waals surface area contributed by atoms with Gasteiger partial charge in [0.1, 0.15) is 5.82 Å². The Labute approximate surface area is 169 Å². The minimum Gasteiger partial charge on any atom is -0.478 e. The maximum absolute atomic E-state index is 13.9. The van der Waals surface area contributed by atoms with Gasteiger partial charge >= 0.3 is 5.97 Å². The first kappa shape index (κ1) is 20.8. The first-order valence-corrected chi connectivity index (χ1v) is 9.86. The lowest BCUT2D eigenvalue weighted by molar-refractivity contribution is -0.116. The number of carboxylic acid groups (broad SMARTS) is 1. The van der Waals surface area contributed by atoms with Crippen molar-refractivity contribution in [3.8, 4) is 0 Å². The van der Waals surface area contributed by atoms with Crippen molar-refractivity contribution in [2.24, 2.45) is 0 Å². The highest BCUT2D eigenvalue weighted by Gasteiger charge is 2.20. The molecule has 29 heavy (non-hydrogen) atoms. The first-order chi connectivity index (χ1) is 14.0. The van der Waals surface area contributed by atoms with Crippen molar-refractivity contribution >= 4 is 23.3 Å². The Morgan fingerprint density at radius 2 is 1.83 bits per heavy atom. The Kier molecular flexibility index (Phi) is 6.82. The van der Waals surface area contributed by atoms with Crippen LogP contribution in [0.2, 0.25) is 0 Å². The molecule has 0 spiro atoms. The summed E-state index contributed by atoms with van der Waals surface area (Å²) in [7, 11) is 0. The lowest BCUT2D eigenvalue weighted by atomic mass is 10.1. The third-order valence-electron chi connectivity index (χ3n) is 5.07. The van der Waals surface area contributed by atoms with E-state index >= 15 is 0 Å². The largest absolute Gasteiger partial charge is 0.478 e. The van der Waals surface area contributed by atoms with E-state index in [-0.39, 0.29) is 17.3 Å². The minimum absolute atomic E-state index is 0.0840. The summed E-state index contributed by atoms with van der Waals surface area (Å²) in [5.74, 6) is -1.46. The number of nitrogens with one attached hydrogen (secondary N) is 1. The zero-order valence-electron chi connectivity index (χ0n) is 16.5. The number of carbonyl (C=O) groups excluding carboxylic acids is 1. The molecule has 1 fully saturated rings. The zero-order valence-corrected chi connectivity index (χ0v) is 16.5. The molecule has 6 nitrogen and oxygen atoms in total. The van der Waals surface area contributed by atoms with Crippen LogP contribution in [0, 0.1) is 5.82 Å². The molecule has 0 radical (unpaired) electrons. The second-order valence-electron chi connectivity index (χ2n) is 7.19. The van der Waals surface area contributed by atoms with E-state index < -0.39 is 5.97 Å². The average Bonchev–Trinajstić information content (AvgIpc) is 2.71. The number of carboxylic acids is 1. The number of rotatable bonds is 7. The lowest BCUT2D eigenvalue weighted by Crippen LogP contribution is -2.46. The zero-order chi connectivity index (χ0) is 20.8. The third-order valence-corrected chi connectivity index (χ3v) is 5.07. The molecule has 7 heteroatoms. The van der Waals surface area contributed by atoms with Crippen LogP contribution in [0.1, 0.15) is 35.7 Å². The second kappa shape index (κ2) is 9.52. The number of benzene rings is 2. The van der Waals surface area contributed by atoms with Gasteiger partial charge in [-0.2, -0.15) is 0 Å². The number of halogens is 1. The van der Waals surface area contributed by atoms with Gasteiger partial charge in [0.15, 0.2) is 0 Å². The molecule has 1 amide bonds. The summed E-state index contributed by atoms with van der Waals surface area (Å²) >= 11 is 0. The van der Waals surface area contributed by atoms with Crippen LogP contribution in [0.15, 0.2) is 42.5 Å². The standard InChI is InChI=1S/C22H26FN3O3/c1-2-5-21(27)24-20-9-8-17(14-18(20)22(28)29)26-12-10-25(11-13-26)15-16-6-3-4-7-19(16)23/h3-4,6-9,14H,2,5,10-13,15H2,1H3,(H,24,27)(H,28,29). The molecule has 2 aromatic carbocycles. The van der Waals surface area contributed by atoms with Crippen molar-refractivity contribution in [1.29, 1.82) is 0 Å². The van der Waals surface area contributed by atoms with Gasteiger partial charge in [-0.05, 0) is 30.7 Å². The Hall–Kier alpha value is -2.93. The summed E-state index contributed by atoms with van der Waals surface area (Å²) in [6.45, 7) is 5.40. The third kappa shape index (κ3) is 5.32. The number of piperazine rings is 1. The van der Waals surface area contributed by atoms with Crippen LogP contribution in [0.5, 0.6) is 0 Å². The average molecular weight is 399 g/mol. The van der Waals surface area contributed by atoms with E-state index in [9.17, 15) is 19.1 Å². The van der Waals surface area contributed by atoms with Crippen molar-refractivity contribution < 1.29 is 19.1 Å². The van der Waals surface area contributed by atoms with Gasteiger partial charge in [0.25, 0.3) is 0 Å². The molecule has 1 aliphatic rings. The van der Waals surface area contributed by atoms with Crippen LogP contribution in [0.25, 0.3) is 0 Å². The number of anilines is 2. The van der Waals surface area contributed by atoms with E-state index in [0.29, 0.717) is 30.6 Å². The quantitative estimate of drug-likeness (QED) is 0.745. The highest BCUT2D eigenvalue weighted by atomic mass is 19.1. The molecule has 1 saturated heterocycles. The number of nitrogens with zero attached hydrogens (tertiary/aromatic N) is 2. The molecule has 1 heterocycles. The maximum Gasteiger partial charge on any atom is 0.337 e. The molecule has 154 valence electrons. The minimum atomic E-state index is -1.07. The number of carbonyl (C=O) groups is 2. The van der Waals surface area contributed by atoms with Crippen molar-refractivity contribution in [2.45, 2.75) is 26.3 Å². The second-order valence-corrected chi connectivity index (χ2v) is 7.19. The highest BCUT2D eigenvalue weighted by Crippen LogP contribution is 2.25. The summed E-state index contributed by atoms with van der Waals surface area (Å²) < 4.78 is 13.9. The Morgan fingerprint density at radius 1 is 1.10 bits per heavy atom. The van der Waals surface area contributed by atoms with E-state index in [1.165, 1.54) is 6.07 Å². The normalized spacial score (nSPS) is 14.6. The van der Waals surface area contributed by atoms with Gasteiger partial charge in [-0.15, -0.1) is 0 Å². The van der Waals surface area contributed by atoms with Crippen LogP contribution >= 0.6 is 0 Å². The molecular weight excluding hydrogens is 373 g/mol. The van der Waals surface area contributed by atoms with Crippen molar-refractivity contribution in [3.05, 3.63) is 59.4 Å². The van der Waals surface area contributed by atoms with Gasteiger partial charge in [0.05, 0.1) is 11.3 Å². The molecule has 0 bridgehead atoms. The molecule has 1 aliphatic heterocycles. The SMILES string of the molecule is CCCC(=O)Nc1ccc(N2CCN(Cc3ccccc3F)CC2)cc1C(=O)O. The van der Waals surface area contributed by atoms with Crippen molar-refractivity contribution in [1.82, 2.24) is 4.90 Å². The van der Waals surface area contributed by atoms with Crippen LogP contribution in [0.4, 0.5) is 15.8 Å². The predicted molar refractivity (Wildman–Crippen MR) is 111 cm³/mol. The van der Waals surface area contributed by atoms with Crippen LogP contribution < -0.4 is 10.2 Å². The van der Waals surface area contributed by atoms with Gasteiger partial charge in [-0.25, -0.2) is 9.18 Å². The van der Waals surface area contributed by atoms with E-state index in [2.05, 4.69) is 15.1 Å². The van der Waals surface area contributed by atoms with Crippen molar-refractivity contribution in [3.63, 3.8) is 0 Å². The highest BCUT2D eigenvalue weighted by molar-refractivity contribution is 6.01. The molecule has 3 rings (SSSR count). The smallest absolute Gasteiger partial charge is 0.337 e. The Morgan fingerprint density at radius 3 is 2.48 bits per heavy atom. The van der Waals surface area contributed by atoms with E-state index in [1.54, 1.807) is 24.3 Å². The molecule has 0 saturated carbocycles. The Bertz CT molecular complexity index is 879. The van der Waals surface area contributed by atoms with E-state index in [4.69, 9.17) is 0 Å². The van der Waals surface area contributed by atoms with Gasteiger partial charge in [-0.3, -0.25) is 9.69 Å². The number of hydrogen-bond acceptors (Lipinski definition) is 4. The first-order valence-electron chi connectivity index (χ1n) is 9.86. The fraction of sp³-hybridized carbons (Fsp3) is 0.364. The lowest BCUT2D eigenvalue weighted by Gasteiger charge is -2.36. The van der Waals surface area contributed by atoms with Crippen LogP contribution in [-0.2, 0) is 11.3 Å². The topological polar surface area (TPSA) is 72.9 Å². The fourth-order valence-electron chi connectivity index (χ4n) is 3.49. The monoisotopic (exact) mass is 399 g/mol. The molecule has 2 N–H and O–H groups in total. The summed E-state index contributed by atoms with van der Waals surface area (Å²) in [6.07, 6.45) is 1.05. The molecule has 0 unspecified atom stereocenters. The molecule has 2 aromatic rings. The number of amides is 1. The summed E-state index contributed by atoms with van der Waals surface area (Å²) in [5, 5.41) is 12.2. The van der Waals surface area contributed by atoms with Gasteiger partial charge in [0, 0.05) is 50.4 Å². The fourth-order valence-corrected chi connectivity index (χ4v) is 3.49. The number of hydrogen-bond donors (Lipinski definition) is 2. The molecule has 0 aromatic heterocycles. The van der Waals surface area contributed by atoms with Crippen molar-refractivity contribution in [2.75, 3.05) is 36.4 Å². The Balaban J connectivity index is 1.65. The van der Waals surface area contributed by atoms with Gasteiger partial charge in [0.2, 0.25) is 5.91 Å². The summed E-state index contributed by atoms with van der Waals surface area (Å²) in [6, 6.07) is 11.9. The molecule has 0 aliphatic carbocycles. The molecule has 0 atom stereocenters. The van der Waals surface area contributed by atoms with Gasteiger partial charge in [-0.1, -0.05) is 25.1 Å². The number of aromatic carboxylic acids is 1.